The van der Waals surface area contributed by atoms with Gasteiger partial charge in [-0.05, 0) is 82.3 Å². The number of rotatable bonds is 6. The summed E-state index contributed by atoms with van der Waals surface area (Å²) in [5.74, 6) is 0.771. The number of hydrogen-bond acceptors (Lipinski definition) is 2. The van der Waals surface area contributed by atoms with E-state index in [1.807, 2.05) is 6.07 Å². The van der Waals surface area contributed by atoms with Crippen LogP contribution in [0.3, 0.4) is 0 Å². The molecule has 7 aromatic carbocycles. The third-order valence-electron chi connectivity index (χ3n) is 10.5. The number of fused-ring (bicyclic) bond motifs is 4. The average molecular weight is 678 g/mol. The van der Waals surface area contributed by atoms with Crippen LogP contribution in [0, 0.1) is 0 Å². The Labute approximate surface area is 308 Å². The first-order chi connectivity index (χ1) is 26.3. The van der Waals surface area contributed by atoms with Crippen molar-refractivity contribution in [3.8, 4) is 50.5 Å². The summed E-state index contributed by atoms with van der Waals surface area (Å²) in [6, 6.07) is 61.0. The molecule has 53 heavy (non-hydrogen) atoms. The van der Waals surface area contributed by atoms with Crippen LogP contribution in [0.15, 0.2) is 188 Å². The summed E-state index contributed by atoms with van der Waals surface area (Å²) in [5, 5.41) is 5.00. The van der Waals surface area contributed by atoms with Crippen molar-refractivity contribution in [3.05, 3.63) is 194 Å². The lowest BCUT2D eigenvalue weighted by atomic mass is 9.94. The maximum absolute atomic E-state index is 5.06. The zero-order valence-corrected chi connectivity index (χ0v) is 29.2. The molecule has 0 radical (unpaired) electrons. The Morgan fingerprint density at radius 2 is 1.06 bits per heavy atom. The molecule has 1 aliphatic carbocycles. The molecule has 0 amide bonds. The fourth-order valence-electron chi connectivity index (χ4n) is 7.80. The topological polar surface area (TPSA) is 30.7 Å². The van der Waals surface area contributed by atoms with Gasteiger partial charge in [-0.2, -0.15) is 0 Å². The Morgan fingerprint density at radius 1 is 0.434 bits per heavy atom. The quantitative estimate of drug-likeness (QED) is 0.175. The molecule has 2 aromatic heterocycles. The summed E-state index contributed by atoms with van der Waals surface area (Å²) >= 11 is 0. The first kappa shape index (κ1) is 30.9. The van der Waals surface area contributed by atoms with Crippen molar-refractivity contribution >= 4 is 38.2 Å². The molecule has 0 N–H and O–H groups in total. The van der Waals surface area contributed by atoms with E-state index in [0.717, 1.165) is 52.4 Å². The molecule has 250 valence electrons. The summed E-state index contributed by atoms with van der Waals surface area (Å²) in [4.78, 5) is 10.0. The van der Waals surface area contributed by atoms with Crippen LogP contribution in [0.4, 0.5) is 0 Å². The van der Waals surface area contributed by atoms with Crippen molar-refractivity contribution in [1.82, 2.24) is 14.5 Å². The molecule has 3 heteroatoms. The lowest BCUT2D eigenvalue weighted by Gasteiger charge is -2.13. The van der Waals surface area contributed by atoms with Crippen LogP contribution in [-0.4, -0.2) is 14.5 Å². The van der Waals surface area contributed by atoms with E-state index < -0.39 is 0 Å². The third kappa shape index (κ3) is 5.64. The van der Waals surface area contributed by atoms with Crippen molar-refractivity contribution in [3.63, 3.8) is 0 Å². The van der Waals surface area contributed by atoms with Gasteiger partial charge in [-0.1, -0.05) is 152 Å². The van der Waals surface area contributed by atoms with Gasteiger partial charge in [0.1, 0.15) is 0 Å². The molecule has 1 aliphatic rings. The Kier molecular flexibility index (Phi) is 7.62. The predicted molar refractivity (Wildman–Crippen MR) is 222 cm³/mol. The van der Waals surface area contributed by atoms with E-state index in [9.17, 15) is 0 Å². The number of nitrogens with zero attached hydrogens (tertiary/aromatic N) is 3. The number of hydrogen-bond donors (Lipinski definition) is 0. The number of allylic oxidation sites excluding steroid dienone is 4. The van der Waals surface area contributed by atoms with Crippen molar-refractivity contribution < 1.29 is 0 Å². The van der Waals surface area contributed by atoms with Crippen LogP contribution in [0.5, 0.6) is 0 Å². The van der Waals surface area contributed by atoms with Crippen LogP contribution in [-0.2, 0) is 0 Å². The molecule has 10 rings (SSSR count). The SMILES string of the molecule is C1=CC(c2nc(-c3ccccc3)cc(-c3ccc(-c4cccc5cc(-c6ccc(-n7c8ccccc8c8ccccc87)cc6)ccc45)cc3)n2)=CCC1. The molecule has 0 atom stereocenters. The van der Waals surface area contributed by atoms with Crippen molar-refractivity contribution in [2.24, 2.45) is 0 Å². The fraction of sp³-hybridized carbons (Fsp3) is 0.0400. The molecule has 0 unspecified atom stereocenters. The first-order valence-electron chi connectivity index (χ1n) is 18.3. The second-order valence-electron chi connectivity index (χ2n) is 13.7. The highest BCUT2D eigenvalue weighted by molar-refractivity contribution is 6.09. The minimum Gasteiger partial charge on any atom is -0.309 e. The Morgan fingerprint density at radius 3 is 1.75 bits per heavy atom. The first-order valence-corrected chi connectivity index (χ1v) is 18.3. The highest BCUT2D eigenvalue weighted by Crippen LogP contribution is 2.36. The highest BCUT2D eigenvalue weighted by Gasteiger charge is 2.14. The minimum absolute atomic E-state index is 0.771. The predicted octanol–water partition coefficient (Wildman–Crippen LogP) is 13.1. The molecule has 0 saturated carbocycles. The third-order valence-corrected chi connectivity index (χ3v) is 10.5. The Bertz CT molecular complexity index is 2810. The van der Waals surface area contributed by atoms with Gasteiger partial charge in [0.2, 0.25) is 0 Å². The molecular formula is C50H35N3. The van der Waals surface area contributed by atoms with E-state index >= 15 is 0 Å². The zero-order valence-electron chi connectivity index (χ0n) is 29.2. The molecule has 0 saturated heterocycles. The number of para-hydroxylation sites is 2. The fourth-order valence-corrected chi connectivity index (χ4v) is 7.80. The number of benzene rings is 7. The summed E-state index contributed by atoms with van der Waals surface area (Å²) in [6.45, 7) is 0. The summed E-state index contributed by atoms with van der Waals surface area (Å²) in [5.41, 5.74) is 13.5. The van der Waals surface area contributed by atoms with Gasteiger partial charge in [0.05, 0.1) is 22.4 Å². The maximum Gasteiger partial charge on any atom is 0.160 e. The summed E-state index contributed by atoms with van der Waals surface area (Å²) in [7, 11) is 0. The Hall–Kier alpha value is -6.84. The van der Waals surface area contributed by atoms with Gasteiger partial charge in [0.15, 0.2) is 5.82 Å². The maximum atomic E-state index is 5.06. The second-order valence-corrected chi connectivity index (χ2v) is 13.7. The van der Waals surface area contributed by atoms with E-state index in [1.54, 1.807) is 0 Å². The van der Waals surface area contributed by atoms with Crippen molar-refractivity contribution in [2.75, 3.05) is 0 Å². The molecular weight excluding hydrogens is 643 g/mol. The molecule has 0 bridgehead atoms. The van der Waals surface area contributed by atoms with Gasteiger partial charge >= 0.3 is 0 Å². The van der Waals surface area contributed by atoms with E-state index in [-0.39, 0.29) is 0 Å². The summed E-state index contributed by atoms with van der Waals surface area (Å²) in [6.07, 6.45) is 8.67. The van der Waals surface area contributed by atoms with Gasteiger partial charge in [-0.25, -0.2) is 9.97 Å². The summed E-state index contributed by atoms with van der Waals surface area (Å²) < 4.78 is 2.37. The largest absolute Gasteiger partial charge is 0.309 e. The standard InChI is InChI=1S/C50H35N3/c1-3-12-36(13-4-1)46-33-47(52-50(51-46)38-14-5-2-6-15-38)37-24-22-35(23-25-37)42-19-11-16-40-32-39(28-31-43(40)42)34-26-29-41(30-27-34)53-48-20-9-7-17-44(48)45-18-8-10-21-49(45)53/h1,3-5,7-33H,2,6H2. The van der Waals surface area contributed by atoms with Crippen molar-refractivity contribution in [1.29, 1.82) is 0 Å². The van der Waals surface area contributed by atoms with Gasteiger partial charge in [0, 0.05) is 33.2 Å². The van der Waals surface area contributed by atoms with Crippen LogP contribution in [0.25, 0.3) is 88.6 Å². The van der Waals surface area contributed by atoms with E-state index in [1.165, 1.54) is 54.8 Å². The van der Waals surface area contributed by atoms with E-state index in [2.05, 4.69) is 187 Å². The molecule has 0 fully saturated rings. The molecule has 0 spiro atoms. The van der Waals surface area contributed by atoms with Crippen LogP contribution in [0.1, 0.15) is 18.7 Å². The lowest BCUT2D eigenvalue weighted by Crippen LogP contribution is -1.99. The second kappa shape index (κ2) is 13.0. The highest BCUT2D eigenvalue weighted by atomic mass is 15.0. The average Bonchev–Trinajstić information content (AvgIpc) is 3.58. The van der Waals surface area contributed by atoms with Crippen LogP contribution >= 0.6 is 0 Å². The van der Waals surface area contributed by atoms with Gasteiger partial charge in [-0.15, -0.1) is 0 Å². The van der Waals surface area contributed by atoms with Crippen LogP contribution < -0.4 is 0 Å². The van der Waals surface area contributed by atoms with Crippen LogP contribution in [0.2, 0.25) is 0 Å². The molecule has 9 aromatic rings. The normalized spacial score (nSPS) is 12.8. The Balaban J connectivity index is 0.968. The van der Waals surface area contributed by atoms with Crippen molar-refractivity contribution in [2.45, 2.75) is 12.8 Å². The number of aromatic nitrogens is 3. The monoisotopic (exact) mass is 677 g/mol. The van der Waals surface area contributed by atoms with Gasteiger partial charge < -0.3 is 4.57 Å². The van der Waals surface area contributed by atoms with Gasteiger partial charge in [0.25, 0.3) is 0 Å². The molecule has 3 nitrogen and oxygen atoms in total. The van der Waals surface area contributed by atoms with E-state index in [4.69, 9.17) is 9.97 Å². The zero-order chi connectivity index (χ0) is 35.1. The molecule has 2 heterocycles. The van der Waals surface area contributed by atoms with E-state index in [0.29, 0.717) is 0 Å². The van der Waals surface area contributed by atoms with Gasteiger partial charge in [-0.3, -0.25) is 0 Å². The minimum atomic E-state index is 0.771. The molecule has 0 aliphatic heterocycles. The lowest BCUT2D eigenvalue weighted by molar-refractivity contribution is 1.03. The smallest absolute Gasteiger partial charge is 0.160 e.